The normalized spacial score (nSPS) is 7.50. The molecule has 0 unspecified atom stereocenters. The Bertz CT molecular complexity index is 204. The van der Waals surface area contributed by atoms with E-state index in [9.17, 15) is 5.21 Å². The lowest BCUT2D eigenvalue weighted by atomic mass is 10.5. The van der Waals surface area contributed by atoms with Crippen LogP contribution in [0.2, 0.25) is 0 Å². The van der Waals surface area contributed by atoms with Gasteiger partial charge in [-0.05, 0) is 12.1 Å². The molecule has 8 heavy (non-hydrogen) atoms. The highest BCUT2D eigenvalue weighted by atomic mass is 16.4. The van der Waals surface area contributed by atoms with Crippen LogP contribution in [0.4, 0.5) is 0 Å². The zero-order valence-electron chi connectivity index (χ0n) is 4.00. The van der Waals surface area contributed by atoms with Crippen molar-refractivity contribution in [3.8, 4) is 6.07 Å². The van der Waals surface area contributed by atoms with E-state index in [0.717, 1.165) is 0 Å². The molecule has 40 valence electrons. The molecule has 0 aliphatic carbocycles. The van der Waals surface area contributed by atoms with Crippen LogP contribution >= 0.6 is 0 Å². The largest absolute Gasteiger partial charge is 0.498 e. The van der Waals surface area contributed by atoms with Crippen LogP contribution in [-0.4, -0.2) is 0 Å². The van der Waals surface area contributed by atoms with Crippen LogP contribution in [0.5, 0.6) is 0 Å². The fourth-order valence-corrected chi connectivity index (χ4v) is 0.387. The van der Waals surface area contributed by atoms with E-state index in [1.807, 2.05) is 0 Å². The van der Waals surface area contributed by atoms with Crippen LogP contribution in [0.15, 0.2) is 22.8 Å². The molecule has 0 N–H and O–H groups in total. The second-order valence-corrected chi connectivity index (χ2v) is 1.18. The van der Waals surface area contributed by atoms with Gasteiger partial charge in [0.25, 0.3) is 5.76 Å². The van der Waals surface area contributed by atoms with E-state index in [0.29, 0.717) is 5.76 Å². The number of hydrogen-bond donors (Lipinski definition) is 0. The number of nitrogens with zero attached hydrogens (tertiary/aromatic N) is 1. The molecule has 3 heteroatoms. The van der Waals surface area contributed by atoms with Crippen molar-refractivity contribution in [1.29, 1.82) is 0 Å². The Morgan fingerprint density at radius 2 is 2.62 bits per heavy atom. The molecule has 0 aliphatic rings. The van der Waals surface area contributed by atoms with Gasteiger partial charge in [0.15, 0.2) is 0 Å². The predicted octanol–water partition coefficient (Wildman–Crippen LogP) is 1.46. The number of rotatable bonds is 0. The number of hydrogen-bond acceptors (Lipinski definition) is 2. The first kappa shape index (κ1) is 4.72. The summed E-state index contributed by atoms with van der Waals surface area (Å²) in [6.45, 7) is 0. The molecule has 0 fully saturated rings. The Kier molecular flexibility index (Phi) is 1.20. The average Bonchev–Trinajstić information content (AvgIpc) is 2.19. The van der Waals surface area contributed by atoms with Crippen molar-refractivity contribution < 1.29 is 4.42 Å². The van der Waals surface area contributed by atoms with Crippen molar-refractivity contribution >= 4 is 0 Å². The third-order valence-electron chi connectivity index (χ3n) is 0.677. The maximum Gasteiger partial charge on any atom is 0.375 e. The minimum atomic E-state index is 0.361. The van der Waals surface area contributed by atoms with Crippen molar-refractivity contribution in [2.75, 3.05) is 0 Å². The molecular formula is C5H3NO2. The third kappa shape index (κ3) is 0.793. The summed E-state index contributed by atoms with van der Waals surface area (Å²) < 4.78 is 4.67. The molecule has 0 atom stereocenters. The Hall–Kier alpha value is -1.43. The first-order valence-electron chi connectivity index (χ1n) is 2.05. The van der Waals surface area contributed by atoms with E-state index in [-0.39, 0.29) is 0 Å². The highest BCUT2D eigenvalue weighted by Crippen LogP contribution is 1.95. The minimum Gasteiger partial charge on any atom is -0.498 e. The first-order valence-corrected chi connectivity index (χ1v) is 2.05. The molecule has 1 rings (SSSR count). The van der Waals surface area contributed by atoms with Crippen LogP contribution in [0, 0.1) is 11.3 Å². The van der Waals surface area contributed by atoms with Gasteiger partial charge in [0.05, 0.1) is 6.26 Å². The molecule has 0 saturated heterocycles. The van der Waals surface area contributed by atoms with Gasteiger partial charge in [-0.1, -0.05) is 0 Å². The van der Waals surface area contributed by atoms with Crippen molar-refractivity contribution in [2.24, 2.45) is 0 Å². The second-order valence-electron chi connectivity index (χ2n) is 1.18. The van der Waals surface area contributed by atoms with Crippen LogP contribution in [-0.2, 0) is 0 Å². The smallest absolute Gasteiger partial charge is 0.375 e. The van der Waals surface area contributed by atoms with Gasteiger partial charge < -0.3 is 9.62 Å². The molecule has 0 saturated carbocycles. The molecule has 1 heterocycles. The van der Waals surface area contributed by atoms with Gasteiger partial charge in [-0.15, -0.1) is 0 Å². The maximum absolute atomic E-state index is 9.45. The molecular weight excluding hydrogens is 106 g/mol. The summed E-state index contributed by atoms with van der Waals surface area (Å²) in [6.07, 6.45) is 1.45. The summed E-state index contributed by atoms with van der Waals surface area (Å²) in [6, 6.07) is 5.35. The van der Waals surface area contributed by atoms with Crippen LogP contribution < -0.4 is 0 Å². The highest BCUT2D eigenvalue weighted by Gasteiger charge is 1.92. The summed E-state index contributed by atoms with van der Waals surface area (Å²) in [4.78, 5) is 0. The number of furan rings is 1. The maximum atomic E-state index is 9.45. The van der Waals surface area contributed by atoms with Gasteiger partial charge in [-0.25, -0.2) is 0 Å². The predicted molar refractivity (Wildman–Crippen MR) is 28.4 cm³/mol. The Balaban J connectivity index is 2.88. The summed E-state index contributed by atoms with van der Waals surface area (Å²) in [7, 11) is 0. The Morgan fingerprint density at radius 3 is 3.12 bits per heavy atom. The molecule has 0 spiro atoms. The zero-order valence-corrected chi connectivity index (χ0v) is 4.00. The van der Waals surface area contributed by atoms with Gasteiger partial charge in [0.2, 0.25) is 0 Å². The lowest BCUT2D eigenvalue weighted by molar-refractivity contribution is 0.554. The van der Waals surface area contributed by atoms with E-state index in [4.69, 9.17) is 0 Å². The standard InChI is InChI=1S/C5H3NO2/c7-6-4-5-2-1-3-8-5/h1-3H. The van der Waals surface area contributed by atoms with Gasteiger partial charge in [-0.2, -0.15) is 0 Å². The fourth-order valence-electron chi connectivity index (χ4n) is 0.387. The van der Waals surface area contributed by atoms with Crippen molar-refractivity contribution in [3.63, 3.8) is 0 Å². The van der Waals surface area contributed by atoms with Gasteiger partial charge >= 0.3 is 6.07 Å². The molecule has 1 aromatic rings. The van der Waals surface area contributed by atoms with Crippen molar-refractivity contribution in [2.45, 2.75) is 0 Å². The summed E-state index contributed by atoms with van der Waals surface area (Å²) in [5.74, 6) is 0.361. The quantitative estimate of drug-likeness (QED) is 0.473. The average molecular weight is 109 g/mol. The minimum absolute atomic E-state index is 0.361. The molecule has 0 aromatic carbocycles. The molecule has 3 nitrogen and oxygen atoms in total. The van der Waals surface area contributed by atoms with E-state index in [2.05, 4.69) is 15.5 Å². The topological polar surface area (TPSA) is 40.6 Å². The second kappa shape index (κ2) is 2.03. The SMILES string of the molecule is [O-][N+]#Cc1ccco1. The molecule has 0 radical (unpaired) electrons. The molecule has 0 bridgehead atoms. The summed E-state index contributed by atoms with van der Waals surface area (Å²) in [5, 5.41) is 11.8. The molecule has 0 amide bonds. The molecule has 0 aliphatic heterocycles. The summed E-state index contributed by atoms with van der Waals surface area (Å²) in [5.41, 5.74) is 0. The molecule has 1 aromatic heterocycles. The van der Waals surface area contributed by atoms with E-state index in [1.54, 1.807) is 12.1 Å². The van der Waals surface area contributed by atoms with E-state index >= 15 is 0 Å². The van der Waals surface area contributed by atoms with E-state index < -0.39 is 0 Å². The van der Waals surface area contributed by atoms with Gasteiger partial charge in [0, 0.05) is 5.01 Å². The highest BCUT2D eigenvalue weighted by molar-refractivity contribution is 5.19. The fraction of sp³-hybridized carbons (Fsp3) is 0. The lowest BCUT2D eigenvalue weighted by Crippen LogP contribution is -1.56. The van der Waals surface area contributed by atoms with Crippen molar-refractivity contribution in [3.05, 3.63) is 34.4 Å². The zero-order chi connectivity index (χ0) is 5.82. The van der Waals surface area contributed by atoms with Gasteiger partial charge in [-0.3, -0.25) is 0 Å². The van der Waals surface area contributed by atoms with Crippen molar-refractivity contribution in [1.82, 2.24) is 0 Å². The third-order valence-corrected chi connectivity index (χ3v) is 0.677. The van der Waals surface area contributed by atoms with Crippen LogP contribution in [0.1, 0.15) is 5.76 Å². The van der Waals surface area contributed by atoms with Crippen LogP contribution in [0.3, 0.4) is 0 Å². The Morgan fingerprint density at radius 1 is 1.75 bits per heavy atom. The van der Waals surface area contributed by atoms with Crippen LogP contribution in [0.25, 0.3) is 5.01 Å². The lowest BCUT2D eigenvalue weighted by Gasteiger charge is -1.63. The first-order chi connectivity index (χ1) is 3.93. The monoisotopic (exact) mass is 109 g/mol. The Labute approximate surface area is 45.9 Å². The summed E-state index contributed by atoms with van der Waals surface area (Å²) >= 11 is 0. The van der Waals surface area contributed by atoms with E-state index in [1.165, 1.54) is 6.26 Å². The van der Waals surface area contributed by atoms with Gasteiger partial charge in [0.1, 0.15) is 0 Å².